The van der Waals surface area contributed by atoms with Crippen LogP contribution in [0.1, 0.15) is 11.3 Å². The molecule has 0 fully saturated rings. The predicted octanol–water partition coefficient (Wildman–Crippen LogP) is 2.02. The quantitative estimate of drug-likeness (QED) is 0.716. The Labute approximate surface area is 129 Å². The molecule has 2 heterocycles. The molecule has 0 aliphatic heterocycles. The molecule has 7 nitrogen and oxygen atoms in total. The lowest BCUT2D eigenvalue weighted by molar-refractivity contribution is 0.755. The average molecular weight is 348 g/mol. The molecule has 8 heteroatoms. The lowest BCUT2D eigenvalue weighted by Crippen LogP contribution is -2.02. The Morgan fingerprint density at radius 3 is 2.67 bits per heavy atom. The van der Waals surface area contributed by atoms with Crippen LogP contribution in [0.4, 0.5) is 5.69 Å². The summed E-state index contributed by atoms with van der Waals surface area (Å²) in [6.45, 7) is 3.87. The highest BCUT2D eigenvalue weighted by atomic mass is 79.9. The summed E-state index contributed by atoms with van der Waals surface area (Å²) in [5, 5.41) is 16.3. The molecule has 0 radical (unpaired) electrons. The number of nitrogen functional groups attached to an aromatic ring is 1. The molecule has 2 aromatic heterocycles. The van der Waals surface area contributed by atoms with E-state index < -0.39 is 0 Å². The van der Waals surface area contributed by atoms with Crippen molar-refractivity contribution in [1.82, 2.24) is 30.0 Å². The number of hydrogen-bond donors (Lipinski definition) is 1. The molecular formula is C13H14BrN7. The molecule has 0 amide bonds. The summed E-state index contributed by atoms with van der Waals surface area (Å²) in [6.07, 6.45) is 1.88. The Kier molecular flexibility index (Phi) is 3.25. The first-order chi connectivity index (χ1) is 9.97. The maximum absolute atomic E-state index is 6.03. The van der Waals surface area contributed by atoms with Gasteiger partial charge in [0.25, 0.3) is 0 Å². The van der Waals surface area contributed by atoms with E-state index in [2.05, 4.69) is 36.6 Å². The Hall–Kier alpha value is -2.22. The maximum Gasteiger partial charge on any atom is 0.187 e. The van der Waals surface area contributed by atoms with Gasteiger partial charge in [0.15, 0.2) is 5.82 Å². The summed E-state index contributed by atoms with van der Waals surface area (Å²) in [6, 6.07) is 3.82. The SMILES string of the molecule is Cc1nn(C)cc1-n1nnnc1-c1cc(Br)cc(N)c1C. The van der Waals surface area contributed by atoms with E-state index in [1.807, 2.05) is 39.2 Å². The van der Waals surface area contributed by atoms with E-state index in [-0.39, 0.29) is 0 Å². The molecule has 3 aromatic rings. The molecule has 0 aliphatic carbocycles. The van der Waals surface area contributed by atoms with Gasteiger partial charge in [-0.25, -0.2) is 0 Å². The Bertz CT molecular complexity index is 818. The number of benzene rings is 1. The number of rotatable bonds is 2. The number of hydrogen-bond acceptors (Lipinski definition) is 5. The second-order valence-corrected chi connectivity index (χ2v) is 5.77. The molecule has 0 unspecified atom stereocenters. The summed E-state index contributed by atoms with van der Waals surface area (Å²) >= 11 is 3.46. The molecule has 108 valence electrons. The third-order valence-electron chi connectivity index (χ3n) is 3.34. The number of halogens is 1. The molecule has 21 heavy (non-hydrogen) atoms. The van der Waals surface area contributed by atoms with E-state index in [0.29, 0.717) is 11.5 Å². The van der Waals surface area contributed by atoms with Gasteiger partial charge in [0.05, 0.1) is 11.9 Å². The number of nitrogens with zero attached hydrogens (tertiary/aromatic N) is 6. The molecule has 1 aromatic carbocycles. The van der Waals surface area contributed by atoms with Crippen LogP contribution in [0.3, 0.4) is 0 Å². The number of nitrogens with two attached hydrogens (primary N) is 1. The summed E-state index contributed by atoms with van der Waals surface area (Å²) in [5.41, 5.74) is 10.2. The first-order valence-corrected chi connectivity index (χ1v) is 7.11. The Morgan fingerprint density at radius 2 is 2.00 bits per heavy atom. The van der Waals surface area contributed by atoms with Gasteiger partial charge in [-0.3, -0.25) is 4.68 Å². The van der Waals surface area contributed by atoms with Gasteiger partial charge in [0.1, 0.15) is 5.69 Å². The Balaban J connectivity index is 2.23. The molecule has 0 spiro atoms. The number of anilines is 1. The van der Waals surface area contributed by atoms with Crippen LogP contribution in [-0.4, -0.2) is 30.0 Å². The van der Waals surface area contributed by atoms with Gasteiger partial charge in [-0.1, -0.05) is 15.9 Å². The third kappa shape index (κ3) is 2.31. The van der Waals surface area contributed by atoms with Crippen LogP contribution in [0.15, 0.2) is 22.8 Å². The van der Waals surface area contributed by atoms with Crippen LogP contribution in [0.5, 0.6) is 0 Å². The topological polar surface area (TPSA) is 87.4 Å². The first kappa shape index (κ1) is 13.7. The van der Waals surface area contributed by atoms with Gasteiger partial charge in [-0.2, -0.15) is 9.78 Å². The van der Waals surface area contributed by atoms with Crippen LogP contribution in [0.2, 0.25) is 0 Å². The van der Waals surface area contributed by atoms with Crippen molar-refractivity contribution in [2.24, 2.45) is 7.05 Å². The minimum atomic E-state index is 0.636. The van der Waals surface area contributed by atoms with Gasteiger partial charge in [0.2, 0.25) is 0 Å². The molecule has 0 saturated heterocycles. The van der Waals surface area contributed by atoms with Crippen LogP contribution in [0, 0.1) is 13.8 Å². The molecule has 0 atom stereocenters. The predicted molar refractivity (Wildman–Crippen MR) is 82.9 cm³/mol. The number of aryl methyl sites for hydroxylation is 2. The smallest absolute Gasteiger partial charge is 0.187 e. The minimum Gasteiger partial charge on any atom is -0.398 e. The van der Waals surface area contributed by atoms with Gasteiger partial charge in [0, 0.05) is 22.8 Å². The van der Waals surface area contributed by atoms with Gasteiger partial charge in [-0.15, -0.1) is 5.10 Å². The van der Waals surface area contributed by atoms with E-state index in [1.54, 1.807) is 9.36 Å². The summed E-state index contributed by atoms with van der Waals surface area (Å²) in [4.78, 5) is 0. The Morgan fingerprint density at radius 1 is 1.24 bits per heavy atom. The lowest BCUT2D eigenvalue weighted by Gasteiger charge is -2.09. The van der Waals surface area contributed by atoms with Crippen molar-refractivity contribution in [2.75, 3.05) is 5.73 Å². The highest BCUT2D eigenvalue weighted by molar-refractivity contribution is 9.10. The van der Waals surface area contributed by atoms with Crippen LogP contribution in [-0.2, 0) is 7.05 Å². The van der Waals surface area contributed by atoms with Crippen molar-refractivity contribution < 1.29 is 0 Å². The van der Waals surface area contributed by atoms with E-state index in [9.17, 15) is 0 Å². The van der Waals surface area contributed by atoms with Crippen LogP contribution < -0.4 is 5.73 Å². The average Bonchev–Trinajstić information content (AvgIpc) is 3.00. The minimum absolute atomic E-state index is 0.636. The standard InChI is InChI=1S/C13H14BrN7/c1-7-10(4-9(14)5-11(7)15)13-16-18-19-21(13)12-6-20(3)17-8(12)2/h4-6H,15H2,1-3H3. The zero-order chi connectivity index (χ0) is 15.1. The maximum atomic E-state index is 6.03. The summed E-state index contributed by atoms with van der Waals surface area (Å²) in [5.74, 6) is 0.636. The fraction of sp³-hybridized carbons (Fsp3) is 0.231. The number of aromatic nitrogens is 6. The first-order valence-electron chi connectivity index (χ1n) is 6.32. The van der Waals surface area contributed by atoms with Crippen molar-refractivity contribution >= 4 is 21.6 Å². The molecule has 0 bridgehead atoms. The fourth-order valence-electron chi connectivity index (χ4n) is 2.24. The molecule has 0 saturated carbocycles. The third-order valence-corrected chi connectivity index (χ3v) is 3.80. The monoisotopic (exact) mass is 347 g/mol. The largest absolute Gasteiger partial charge is 0.398 e. The van der Waals surface area contributed by atoms with E-state index >= 15 is 0 Å². The van der Waals surface area contributed by atoms with Gasteiger partial charge < -0.3 is 5.73 Å². The van der Waals surface area contributed by atoms with Crippen LogP contribution in [0.25, 0.3) is 17.1 Å². The van der Waals surface area contributed by atoms with E-state index in [0.717, 1.165) is 27.0 Å². The highest BCUT2D eigenvalue weighted by Crippen LogP contribution is 2.30. The second kappa shape index (κ2) is 4.96. The highest BCUT2D eigenvalue weighted by Gasteiger charge is 2.17. The van der Waals surface area contributed by atoms with Gasteiger partial charge >= 0.3 is 0 Å². The van der Waals surface area contributed by atoms with Crippen molar-refractivity contribution in [2.45, 2.75) is 13.8 Å². The van der Waals surface area contributed by atoms with Crippen molar-refractivity contribution in [3.63, 3.8) is 0 Å². The van der Waals surface area contributed by atoms with Crippen molar-refractivity contribution in [3.8, 4) is 17.1 Å². The summed E-state index contributed by atoms with van der Waals surface area (Å²) in [7, 11) is 1.86. The molecular weight excluding hydrogens is 334 g/mol. The normalized spacial score (nSPS) is 11.0. The van der Waals surface area contributed by atoms with Crippen LogP contribution >= 0.6 is 15.9 Å². The fourth-order valence-corrected chi connectivity index (χ4v) is 2.72. The van der Waals surface area contributed by atoms with E-state index in [4.69, 9.17) is 5.73 Å². The van der Waals surface area contributed by atoms with E-state index in [1.165, 1.54) is 0 Å². The van der Waals surface area contributed by atoms with Crippen molar-refractivity contribution in [3.05, 3.63) is 34.1 Å². The zero-order valence-electron chi connectivity index (χ0n) is 11.9. The lowest BCUT2D eigenvalue weighted by atomic mass is 10.1. The summed E-state index contributed by atoms with van der Waals surface area (Å²) < 4.78 is 4.30. The molecule has 3 rings (SSSR count). The zero-order valence-corrected chi connectivity index (χ0v) is 13.5. The molecule has 2 N–H and O–H groups in total. The van der Waals surface area contributed by atoms with Gasteiger partial charge in [-0.05, 0) is 42.0 Å². The number of tetrazole rings is 1. The second-order valence-electron chi connectivity index (χ2n) is 4.86. The van der Waals surface area contributed by atoms with Crippen molar-refractivity contribution in [1.29, 1.82) is 0 Å². The molecule has 0 aliphatic rings.